The minimum Gasteiger partial charge on any atom is -0.495 e. The second-order valence-electron chi connectivity index (χ2n) is 6.31. The van der Waals surface area contributed by atoms with E-state index in [4.69, 9.17) is 4.74 Å². The fourth-order valence-electron chi connectivity index (χ4n) is 3.94. The van der Waals surface area contributed by atoms with Crippen LogP contribution >= 0.6 is 0 Å². The monoisotopic (exact) mass is 288 g/mol. The van der Waals surface area contributed by atoms with Crippen LogP contribution < -0.4 is 15.4 Å². The van der Waals surface area contributed by atoms with E-state index in [1.54, 1.807) is 7.11 Å². The summed E-state index contributed by atoms with van der Waals surface area (Å²) in [7, 11) is 1.61. The lowest BCUT2D eigenvalue weighted by molar-refractivity contribution is -0.115. The summed E-state index contributed by atoms with van der Waals surface area (Å²) in [6.45, 7) is 1.34. The van der Waals surface area contributed by atoms with Gasteiger partial charge < -0.3 is 15.4 Å². The van der Waals surface area contributed by atoms with Crippen LogP contribution in [0.1, 0.15) is 25.7 Å². The topological polar surface area (TPSA) is 50.4 Å². The highest BCUT2D eigenvalue weighted by Crippen LogP contribution is 2.47. The van der Waals surface area contributed by atoms with E-state index in [-0.39, 0.29) is 5.91 Å². The summed E-state index contributed by atoms with van der Waals surface area (Å²) in [6.07, 6.45) is 5.59. The summed E-state index contributed by atoms with van der Waals surface area (Å²) in [4.78, 5) is 12.0. The molecule has 0 radical (unpaired) electrons. The van der Waals surface area contributed by atoms with Gasteiger partial charge in [-0.3, -0.25) is 4.79 Å². The Morgan fingerprint density at radius 3 is 2.86 bits per heavy atom. The largest absolute Gasteiger partial charge is 0.495 e. The Morgan fingerprint density at radius 1 is 1.29 bits per heavy atom. The first-order chi connectivity index (χ1) is 10.3. The first-order valence-corrected chi connectivity index (χ1v) is 7.90. The lowest BCUT2D eigenvalue weighted by atomic mass is 9.89. The smallest absolute Gasteiger partial charge is 0.238 e. The molecule has 3 unspecified atom stereocenters. The van der Waals surface area contributed by atoms with Crippen LogP contribution in [0.5, 0.6) is 5.75 Å². The third-order valence-corrected chi connectivity index (χ3v) is 4.96. The molecule has 0 aliphatic heterocycles. The van der Waals surface area contributed by atoms with Gasteiger partial charge in [0.15, 0.2) is 0 Å². The molecule has 4 heteroatoms. The predicted molar refractivity (Wildman–Crippen MR) is 83.4 cm³/mol. The van der Waals surface area contributed by atoms with Crippen molar-refractivity contribution in [1.29, 1.82) is 0 Å². The summed E-state index contributed by atoms with van der Waals surface area (Å²) in [5, 5.41) is 6.21. The molecule has 0 spiro atoms. The van der Waals surface area contributed by atoms with Gasteiger partial charge >= 0.3 is 0 Å². The SMILES string of the molecule is COc1ccccc1NC(=O)CNCC1CC2CCC1C2. The van der Waals surface area contributed by atoms with Crippen molar-refractivity contribution in [3.05, 3.63) is 24.3 Å². The van der Waals surface area contributed by atoms with Crippen molar-refractivity contribution in [1.82, 2.24) is 5.32 Å². The Balaban J connectivity index is 1.42. The number of nitrogens with one attached hydrogen (secondary N) is 2. The number of carbonyl (C=O) groups is 1. The molecule has 2 aliphatic carbocycles. The average Bonchev–Trinajstić information content (AvgIpc) is 3.10. The Hall–Kier alpha value is -1.55. The number of anilines is 1. The standard InChI is InChI=1S/C17H24N2O2/c1-21-16-5-3-2-4-15(16)19-17(20)11-18-10-14-9-12-6-7-13(14)8-12/h2-5,12-14,18H,6-11H2,1H3,(H,19,20). The maximum atomic E-state index is 12.0. The molecule has 2 N–H and O–H groups in total. The Kier molecular flexibility index (Phi) is 4.44. The van der Waals surface area contributed by atoms with Crippen molar-refractivity contribution in [3.8, 4) is 5.75 Å². The number of hydrogen-bond acceptors (Lipinski definition) is 3. The van der Waals surface area contributed by atoms with E-state index < -0.39 is 0 Å². The number of para-hydroxylation sites is 2. The van der Waals surface area contributed by atoms with E-state index in [1.807, 2.05) is 24.3 Å². The molecule has 0 heterocycles. The molecule has 0 aromatic heterocycles. The van der Waals surface area contributed by atoms with E-state index in [9.17, 15) is 4.79 Å². The van der Waals surface area contributed by atoms with Crippen LogP contribution in [0.4, 0.5) is 5.69 Å². The zero-order valence-electron chi connectivity index (χ0n) is 12.6. The van der Waals surface area contributed by atoms with Crippen LogP contribution in [0.3, 0.4) is 0 Å². The first kappa shape index (κ1) is 14.4. The van der Waals surface area contributed by atoms with Crippen molar-refractivity contribution in [2.75, 3.05) is 25.5 Å². The van der Waals surface area contributed by atoms with Gasteiger partial charge in [0.05, 0.1) is 19.3 Å². The van der Waals surface area contributed by atoms with Crippen LogP contribution in [0, 0.1) is 17.8 Å². The fourth-order valence-corrected chi connectivity index (χ4v) is 3.94. The number of hydrogen-bond donors (Lipinski definition) is 2. The van der Waals surface area contributed by atoms with E-state index in [2.05, 4.69) is 10.6 Å². The van der Waals surface area contributed by atoms with Crippen LogP contribution in [-0.2, 0) is 4.79 Å². The third-order valence-electron chi connectivity index (χ3n) is 4.96. The van der Waals surface area contributed by atoms with Crippen molar-refractivity contribution < 1.29 is 9.53 Å². The van der Waals surface area contributed by atoms with E-state index in [0.29, 0.717) is 12.3 Å². The molecule has 2 saturated carbocycles. The van der Waals surface area contributed by atoms with E-state index in [0.717, 1.165) is 30.0 Å². The highest BCUT2D eigenvalue weighted by atomic mass is 16.5. The zero-order valence-corrected chi connectivity index (χ0v) is 12.6. The first-order valence-electron chi connectivity index (χ1n) is 7.90. The van der Waals surface area contributed by atoms with Gasteiger partial charge in [0, 0.05) is 0 Å². The second kappa shape index (κ2) is 6.48. The highest BCUT2D eigenvalue weighted by Gasteiger charge is 2.38. The molecule has 1 aromatic carbocycles. The number of amides is 1. The molecule has 2 fully saturated rings. The van der Waals surface area contributed by atoms with Gasteiger partial charge in [0.25, 0.3) is 0 Å². The lowest BCUT2D eigenvalue weighted by Gasteiger charge is -2.21. The number of rotatable bonds is 6. The molecule has 4 nitrogen and oxygen atoms in total. The zero-order chi connectivity index (χ0) is 14.7. The van der Waals surface area contributed by atoms with E-state index >= 15 is 0 Å². The molecule has 0 saturated heterocycles. The molecule has 3 atom stereocenters. The highest BCUT2D eigenvalue weighted by molar-refractivity contribution is 5.93. The van der Waals surface area contributed by atoms with Crippen LogP contribution in [0.2, 0.25) is 0 Å². The number of fused-ring (bicyclic) bond motifs is 2. The maximum absolute atomic E-state index is 12.0. The van der Waals surface area contributed by atoms with Crippen molar-refractivity contribution in [3.63, 3.8) is 0 Å². The molecule has 2 aliphatic rings. The van der Waals surface area contributed by atoms with Crippen molar-refractivity contribution in [2.45, 2.75) is 25.7 Å². The van der Waals surface area contributed by atoms with Crippen LogP contribution in [0.25, 0.3) is 0 Å². The minimum atomic E-state index is -0.0114. The Labute approximate surface area is 126 Å². The summed E-state index contributed by atoms with van der Waals surface area (Å²) >= 11 is 0. The quantitative estimate of drug-likeness (QED) is 0.846. The predicted octanol–water partition coefficient (Wildman–Crippen LogP) is 2.66. The fraction of sp³-hybridized carbons (Fsp3) is 0.588. The average molecular weight is 288 g/mol. The minimum absolute atomic E-state index is 0.0114. The molecule has 1 aromatic rings. The number of benzene rings is 1. The molecule has 1 amide bonds. The lowest BCUT2D eigenvalue weighted by Crippen LogP contribution is -2.33. The van der Waals surface area contributed by atoms with Crippen molar-refractivity contribution in [2.24, 2.45) is 17.8 Å². The van der Waals surface area contributed by atoms with Gasteiger partial charge in [0.2, 0.25) is 5.91 Å². The van der Waals surface area contributed by atoms with Crippen molar-refractivity contribution >= 4 is 11.6 Å². The molecule has 114 valence electrons. The Bertz CT molecular complexity index is 503. The van der Waals surface area contributed by atoms with Crippen LogP contribution in [-0.4, -0.2) is 26.1 Å². The molecular formula is C17H24N2O2. The summed E-state index contributed by atoms with van der Waals surface area (Å²) < 4.78 is 5.23. The molecule has 3 rings (SSSR count). The van der Waals surface area contributed by atoms with Gasteiger partial charge in [-0.25, -0.2) is 0 Å². The van der Waals surface area contributed by atoms with Gasteiger partial charge in [-0.1, -0.05) is 18.6 Å². The number of ether oxygens (including phenoxy) is 1. The second-order valence-corrected chi connectivity index (χ2v) is 6.31. The third kappa shape index (κ3) is 3.38. The van der Waals surface area contributed by atoms with Gasteiger partial charge in [-0.15, -0.1) is 0 Å². The van der Waals surface area contributed by atoms with Gasteiger partial charge in [-0.2, -0.15) is 0 Å². The Morgan fingerprint density at radius 2 is 2.14 bits per heavy atom. The number of methoxy groups -OCH3 is 1. The van der Waals surface area contributed by atoms with E-state index in [1.165, 1.54) is 25.7 Å². The summed E-state index contributed by atoms with van der Waals surface area (Å²) in [5.74, 6) is 3.33. The molecule has 21 heavy (non-hydrogen) atoms. The molecular weight excluding hydrogens is 264 g/mol. The van der Waals surface area contributed by atoms with Crippen LogP contribution in [0.15, 0.2) is 24.3 Å². The maximum Gasteiger partial charge on any atom is 0.238 e. The summed E-state index contributed by atoms with van der Waals surface area (Å²) in [6, 6.07) is 7.48. The molecule has 2 bridgehead atoms. The van der Waals surface area contributed by atoms with Gasteiger partial charge in [0.1, 0.15) is 5.75 Å². The normalized spacial score (nSPS) is 26.8. The number of carbonyl (C=O) groups excluding carboxylic acids is 1. The summed E-state index contributed by atoms with van der Waals surface area (Å²) in [5.41, 5.74) is 0.728. The van der Waals surface area contributed by atoms with Gasteiger partial charge in [-0.05, 0) is 55.7 Å².